The van der Waals surface area contributed by atoms with Gasteiger partial charge in [0.05, 0.1) is 0 Å². The quantitative estimate of drug-likeness (QED) is 0.393. The van der Waals surface area contributed by atoms with Gasteiger partial charge in [0.15, 0.2) is 0 Å². The molecule has 0 saturated carbocycles. The molecule has 0 unspecified atom stereocenters. The van der Waals surface area contributed by atoms with E-state index in [0.717, 1.165) is 19.3 Å². The molecule has 0 aliphatic heterocycles. The van der Waals surface area contributed by atoms with Crippen LogP contribution in [0.3, 0.4) is 0 Å². The van der Waals surface area contributed by atoms with Crippen molar-refractivity contribution in [3.05, 3.63) is 11.6 Å². The van der Waals surface area contributed by atoms with Crippen LogP contribution in [0.5, 0.6) is 0 Å². The Hall–Kier alpha value is -0.790. The lowest BCUT2D eigenvalue weighted by molar-refractivity contribution is -0.149. The van der Waals surface area contributed by atoms with E-state index in [1.165, 1.54) is 0 Å². The van der Waals surface area contributed by atoms with Crippen molar-refractivity contribution in [2.75, 3.05) is 0 Å². The number of carbonyl (C=O) groups is 1. The van der Waals surface area contributed by atoms with Crippen LogP contribution in [0.15, 0.2) is 11.6 Å². The lowest BCUT2D eigenvalue weighted by Gasteiger charge is -2.19. The van der Waals surface area contributed by atoms with E-state index in [1.54, 1.807) is 0 Å². The molecule has 2 nitrogen and oxygen atoms in total. The number of ether oxygens (including phenoxy) is 1. The zero-order valence-electron chi connectivity index (χ0n) is 10.0. The van der Waals surface area contributed by atoms with E-state index in [9.17, 15) is 4.79 Å². The fourth-order valence-electron chi connectivity index (χ4n) is 0.965. The van der Waals surface area contributed by atoms with E-state index in [2.05, 4.69) is 6.92 Å². The van der Waals surface area contributed by atoms with Gasteiger partial charge in [-0.1, -0.05) is 25.8 Å². The summed E-state index contributed by atoms with van der Waals surface area (Å²) in [6.45, 7) is 9.58. The standard InChI is InChI=1S/C12H22O2/c1-6-7-8-9-10(2)11(13)14-12(3,4)5/h9H,6-8H2,1-5H3/b10-9+. The lowest BCUT2D eigenvalue weighted by atomic mass is 10.1. The van der Waals surface area contributed by atoms with Gasteiger partial charge in [-0.05, 0) is 34.1 Å². The molecule has 0 aromatic rings. The number of esters is 1. The molecule has 14 heavy (non-hydrogen) atoms. The second kappa shape index (κ2) is 5.84. The van der Waals surface area contributed by atoms with E-state index in [-0.39, 0.29) is 5.97 Å². The van der Waals surface area contributed by atoms with Gasteiger partial charge < -0.3 is 4.74 Å². The molecule has 0 heterocycles. The Morgan fingerprint density at radius 1 is 1.36 bits per heavy atom. The molecular formula is C12H22O2. The Bertz CT molecular complexity index is 209. The molecule has 0 radical (unpaired) electrons. The highest BCUT2D eigenvalue weighted by molar-refractivity contribution is 5.87. The third kappa shape index (κ3) is 6.70. The smallest absolute Gasteiger partial charge is 0.333 e. The zero-order valence-corrected chi connectivity index (χ0v) is 10.0. The summed E-state index contributed by atoms with van der Waals surface area (Å²) in [4.78, 5) is 11.5. The second-order valence-corrected chi connectivity index (χ2v) is 4.53. The summed E-state index contributed by atoms with van der Waals surface area (Å²) in [6, 6.07) is 0. The fourth-order valence-corrected chi connectivity index (χ4v) is 0.965. The van der Waals surface area contributed by atoms with E-state index in [0.29, 0.717) is 5.57 Å². The van der Waals surface area contributed by atoms with Crippen molar-refractivity contribution in [3.8, 4) is 0 Å². The Kier molecular flexibility index (Phi) is 5.51. The predicted molar refractivity (Wildman–Crippen MR) is 59.1 cm³/mol. The van der Waals surface area contributed by atoms with E-state index >= 15 is 0 Å². The molecule has 0 spiro atoms. The monoisotopic (exact) mass is 198 g/mol. The molecular weight excluding hydrogens is 176 g/mol. The molecule has 0 saturated heterocycles. The first-order valence-electron chi connectivity index (χ1n) is 5.27. The third-order valence-corrected chi connectivity index (χ3v) is 1.73. The number of rotatable bonds is 4. The van der Waals surface area contributed by atoms with Crippen LogP contribution in [0.1, 0.15) is 53.9 Å². The molecule has 0 amide bonds. The Morgan fingerprint density at radius 2 is 1.93 bits per heavy atom. The minimum Gasteiger partial charge on any atom is -0.457 e. The molecule has 82 valence electrons. The van der Waals surface area contributed by atoms with Gasteiger partial charge in [0.2, 0.25) is 0 Å². The summed E-state index contributed by atoms with van der Waals surface area (Å²) in [6.07, 6.45) is 5.19. The van der Waals surface area contributed by atoms with Crippen LogP contribution in [-0.2, 0) is 9.53 Å². The highest BCUT2D eigenvalue weighted by Crippen LogP contribution is 2.11. The normalized spacial score (nSPS) is 12.8. The van der Waals surface area contributed by atoms with E-state index in [4.69, 9.17) is 4.74 Å². The van der Waals surface area contributed by atoms with Gasteiger partial charge in [-0.3, -0.25) is 0 Å². The van der Waals surface area contributed by atoms with Gasteiger partial charge in [0, 0.05) is 5.57 Å². The van der Waals surface area contributed by atoms with Gasteiger partial charge in [-0.25, -0.2) is 4.79 Å². The van der Waals surface area contributed by atoms with Crippen LogP contribution in [0.2, 0.25) is 0 Å². The molecule has 0 aromatic carbocycles. The van der Waals surface area contributed by atoms with E-state index < -0.39 is 5.60 Å². The number of unbranched alkanes of at least 4 members (excludes halogenated alkanes) is 2. The maximum absolute atomic E-state index is 11.5. The van der Waals surface area contributed by atoms with Gasteiger partial charge in [-0.2, -0.15) is 0 Å². The van der Waals surface area contributed by atoms with Crippen molar-refractivity contribution in [1.29, 1.82) is 0 Å². The van der Waals surface area contributed by atoms with Crippen LogP contribution in [0, 0.1) is 0 Å². The van der Waals surface area contributed by atoms with Gasteiger partial charge in [-0.15, -0.1) is 0 Å². The summed E-state index contributed by atoms with van der Waals surface area (Å²) in [7, 11) is 0. The fraction of sp³-hybridized carbons (Fsp3) is 0.750. The summed E-state index contributed by atoms with van der Waals surface area (Å²) < 4.78 is 5.22. The number of hydrogen-bond donors (Lipinski definition) is 0. The maximum Gasteiger partial charge on any atom is 0.333 e. The first-order chi connectivity index (χ1) is 6.37. The molecule has 0 atom stereocenters. The molecule has 0 bridgehead atoms. The average molecular weight is 198 g/mol. The predicted octanol–water partition coefficient (Wildman–Crippen LogP) is 3.46. The minimum atomic E-state index is -0.392. The number of carbonyl (C=O) groups excluding carboxylic acids is 1. The van der Waals surface area contributed by atoms with E-state index in [1.807, 2.05) is 33.8 Å². The zero-order chi connectivity index (χ0) is 11.2. The van der Waals surface area contributed by atoms with Crippen molar-refractivity contribution in [2.45, 2.75) is 59.5 Å². The lowest BCUT2D eigenvalue weighted by Crippen LogP contribution is -2.24. The largest absolute Gasteiger partial charge is 0.457 e. The SMILES string of the molecule is CCCC/C=C(\C)C(=O)OC(C)(C)C. The molecule has 0 aliphatic carbocycles. The van der Waals surface area contributed by atoms with Gasteiger partial charge >= 0.3 is 5.97 Å². The van der Waals surface area contributed by atoms with Crippen LogP contribution in [-0.4, -0.2) is 11.6 Å². The van der Waals surface area contributed by atoms with Crippen LogP contribution in [0.4, 0.5) is 0 Å². The molecule has 2 heteroatoms. The molecule has 0 N–H and O–H groups in total. The van der Waals surface area contributed by atoms with Crippen molar-refractivity contribution in [1.82, 2.24) is 0 Å². The molecule has 0 rings (SSSR count). The summed E-state index contributed by atoms with van der Waals surface area (Å²) in [5.41, 5.74) is 0.324. The first-order valence-corrected chi connectivity index (χ1v) is 5.27. The van der Waals surface area contributed by atoms with Crippen LogP contribution >= 0.6 is 0 Å². The van der Waals surface area contributed by atoms with Crippen molar-refractivity contribution in [3.63, 3.8) is 0 Å². The summed E-state index contributed by atoms with van der Waals surface area (Å²) in [5, 5.41) is 0. The van der Waals surface area contributed by atoms with Gasteiger partial charge in [0.25, 0.3) is 0 Å². The topological polar surface area (TPSA) is 26.3 Å². The highest BCUT2D eigenvalue weighted by atomic mass is 16.6. The summed E-state index contributed by atoms with van der Waals surface area (Å²) in [5.74, 6) is -0.200. The molecule has 0 aliphatic rings. The first kappa shape index (κ1) is 13.2. The van der Waals surface area contributed by atoms with Crippen molar-refractivity contribution >= 4 is 5.97 Å². The Labute approximate surface area is 87.3 Å². The molecule has 0 fully saturated rings. The summed E-state index contributed by atoms with van der Waals surface area (Å²) >= 11 is 0. The van der Waals surface area contributed by atoms with Crippen molar-refractivity contribution in [2.24, 2.45) is 0 Å². The highest BCUT2D eigenvalue weighted by Gasteiger charge is 2.16. The Balaban J connectivity index is 4.05. The number of allylic oxidation sites excluding steroid dienone is 1. The Morgan fingerprint density at radius 3 is 2.36 bits per heavy atom. The molecule has 0 aromatic heterocycles. The maximum atomic E-state index is 11.5. The second-order valence-electron chi connectivity index (χ2n) is 4.53. The van der Waals surface area contributed by atoms with Crippen LogP contribution < -0.4 is 0 Å². The van der Waals surface area contributed by atoms with Crippen LogP contribution in [0.25, 0.3) is 0 Å². The van der Waals surface area contributed by atoms with Crippen molar-refractivity contribution < 1.29 is 9.53 Å². The minimum absolute atomic E-state index is 0.200. The number of hydrogen-bond acceptors (Lipinski definition) is 2. The average Bonchev–Trinajstić information content (AvgIpc) is 2.01. The van der Waals surface area contributed by atoms with Gasteiger partial charge in [0.1, 0.15) is 5.60 Å². The third-order valence-electron chi connectivity index (χ3n) is 1.73.